The molecule has 192 valence electrons. The van der Waals surface area contributed by atoms with Crippen molar-refractivity contribution in [1.29, 1.82) is 0 Å². The third-order valence-corrected chi connectivity index (χ3v) is 6.94. The van der Waals surface area contributed by atoms with Gasteiger partial charge in [0.2, 0.25) is 5.91 Å². The maximum atomic E-state index is 13.5. The lowest BCUT2D eigenvalue weighted by molar-refractivity contribution is -0.117. The molecular weight excluding hydrogens is 458 g/mol. The highest BCUT2D eigenvalue weighted by molar-refractivity contribution is 6.00. The molecule has 3 amide bonds. The Morgan fingerprint density at radius 2 is 1.78 bits per heavy atom. The van der Waals surface area contributed by atoms with Crippen LogP contribution in [-0.2, 0) is 9.53 Å². The number of hydrogen-bond donors (Lipinski definition) is 1. The van der Waals surface area contributed by atoms with E-state index in [0.29, 0.717) is 35.7 Å². The van der Waals surface area contributed by atoms with Gasteiger partial charge < -0.3 is 24.6 Å². The van der Waals surface area contributed by atoms with Gasteiger partial charge in [0, 0.05) is 50.3 Å². The summed E-state index contributed by atoms with van der Waals surface area (Å²) < 4.78 is 11.9. The van der Waals surface area contributed by atoms with Gasteiger partial charge in [0.15, 0.2) is 0 Å². The Bertz CT molecular complexity index is 1100. The molecule has 4 rings (SSSR count). The van der Waals surface area contributed by atoms with Crippen molar-refractivity contribution in [3.05, 3.63) is 59.7 Å². The minimum atomic E-state index is -0.279. The van der Waals surface area contributed by atoms with Crippen LogP contribution in [0.4, 0.5) is 5.69 Å². The topological polar surface area (TPSA) is 88.2 Å². The van der Waals surface area contributed by atoms with E-state index in [2.05, 4.69) is 5.32 Å². The number of nitrogens with one attached hydrogen (secondary N) is 1. The van der Waals surface area contributed by atoms with Gasteiger partial charge in [-0.2, -0.15) is 0 Å². The standard InChI is InChI=1S/C28H35N3O5/c1-18-15-31(27(33)21-8-6-5-7-9-21)19(2)17-36-24-13-12-22(29-26(32)20-10-11-20)14-23(24)28(34)30(3)16-25(18)35-4/h5-9,12-14,18-20,25H,10-11,15-17H2,1-4H3,(H,29,32)/t18-,19+,25+/m1/s1. The summed E-state index contributed by atoms with van der Waals surface area (Å²) in [5, 5.41) is 2.91. The van der Waals surface area contributed by atoms with E-state index in [1.807, 2.05) is 49.1 Å². The molecule has 0 bridgehead atoms. The molecule has 2 aromatic rings. The fourth-order valence-corrected chi connectivity index (χ4v) is 4.47. The summed E-state index contributed by atoms with van der Waals surface area (Å²) in [6, 6.07) is 14.1. The van der Waals surface area contributed by atoms with Crippen molar-refractivity contribution in [3.8, 4) is 5.75 Å². The highest BCUT2D eigenvalue weighted by atomic mass is 16.5. The quantitative estimate of drug-likeness (QED) is 0.702. The second kappa shape index (κ2) is 11.1. The van der Waals surface area contributed by atoms with Gasteiger partial charge in [0.05, 0.1) is 17.7 Å². The van der Waals surface area contributed by atoms with Crippen molar-refractivity contribution in [2.24, 2.45) is 11.8 Å². The fourth-order valence-electron chi connectivity index (χ4n) is 4.47. The largest absolute Gasteiger partial charge is 0.491 e. The van der Waals surface area contributed by atoms with Gasteiger partial charge in [-0.25, -0.2) is 0 Å². The Hall–Kier alpha value is -3.39. The monoisotopic (exact) mass is 493 g/mol. The number of rotatable bonds is 4. The van der Waals surface area contributed by atoms with Gasteiger partial charge in [-0.1, -0.05) is 25.1 Å². The molecule has 1 saturated carbocycles. The predicted octanol–water partition coefficient (Wildman–Crippen LogP) is 3.68. The molecule has 1 fully saturated rings. The number of likely N-dealkylation sites (N-methyl/N-ethyl adjacent to an activating group) is 1. The van der Waals surface area contributed by atoms with Crippen molar-refractivity contribution in [2.75, 3.05) is 39.2 Å². The summed E-state index contributed by atoms with van der Waals surface area (Å²) in [4.78, 5) is 42.6. The van der Waals surface area contributed by atoms with E-state index in [-0.39, 0.29) is 48.3 Å². The van der Waals surface area contributed by atoms with Crippen molar-refractivity contribution in [1.82, 2.24) is 9.80 Å². The SMILES string of the molecule is CO[C@H]1CN(C)C(=O)c2cc(NC(=O)C3CC3)ccc2OC[C@H](C)N(C(=O)c2ccccc2)C[C@H]1C. The average Bonchev–Trinajstić information content (AvgIpc) is 3.74. The number of hydrogen-bond acceptors (Lipinski definition) is 5. The van der Waals surface area contributed by atoms with Crippen LogP contribution >= 0.6 is 0 Å². The number of amides is 3. The summed E-state index contributed by atoms with van der Waals surface area (Å²) in [7, 11) is 3.35. The van der Waals surface area contributed by atoms with Gasteiger partial charge in [-0.05, 0) is 50.1 Å². The normalized spacial score (nSPS) is 23.1. The minimum Gasteiger partial charge on any atom is -0.491 e. The molecule has 2 aliphatic rings. The number of fused-ring (bicyclic) bond motifs is 1. The van der Waals surface area contributed by atoms with Gasteiger partial charge in [-0.3, -0.25) is 14.4 Å². The van der Waals surface area contributed by atoms with Crippen LogP contribution in [0.2, 0.25) is 0 Å². The average molecular weight is 494 g/mol. The Morgan fingerprint density at radius 1 is 1.06 bits per heavy atom. The van der Waals surface area contributed by atoms with Gasteiger partial charge >= 0.3 is 0 Å². The van der Waals surface area contributed by atoms with E-state index >= 15 is 0 Å². The first-order valence-electron chi connectivity index (χ1n) is 12.5. The maximum Gasteiger partial charge on any atom is 0.257 e. The molecular formula is C28H35N3O5. The Balaban J connectivity index is 1.65. The summed E-state index contributed by atoms with van der Waals surface area (Å²) in [6.45, 7) is 4.98. The van der Waals surface area contributed by atoms with E-state index < -0.39 is 0 Å². The third kappa shape index (κ3) is 5.87. The van der Waals surface area contributed by atoms with Crippen molar-refractivity contribution in [3.63, 3.8) is 0 Å². The molecule has 0 aromatic heterocycles. The second-order valence-corrected chi connectivity index (χ2v) is 9.90. The number of anilines is 1. The van der Waals surface area contributed by atoms with E-state index in [4.69, 9.17) is 9.47 Å². The van der Waals surface area contributed by atoms with Crippen LogP contribution in [0.15, 0.2) is 48.5 Å². The number of methoxy groups -OCH3 is 1. The predicted molar refractivity (Wildman–Crippen MR) is 137 cm³/mol. The lowest BCUT2D eigenvalue weighted by Crippen LogP contribution is -2.48. The first-order valence-corrected chi connectivity index (χ1v) is 12.5. The number of carbonyl (C=O) groups is 3. The highest BCUT2D eigenvalue weighted by Crippen LogP contribution is 2.31. The van der Waals surface area contributed by atoms with Gasteiger partial charge in [-0.15, -0.1) is 0 Å². The summed E-state index contributed by atoms with van der Waals surface area (Å²) in [5.74, 6) is 0.113. The number of nitrogens with zero attached hydrogens (tertiary/aromatic N) is 2. The zero-order valence-corrected chi connectivity index (χ0v) is 21.4. The van der Waals surface area contributed by atoms with Crippen LogP contribution in [0.1, 0.15) is 47.4 Å². The zero-order chi connectivity index (χ0) is 25.8. The molecule has 0 radical (unpaired) electrons. The van der Waals surface area contributed by atoms with Gasteiger partial charge in [0.1, 0.15) is 12.4 Å². The lowest BCUT2D eigenvalue weighted by Gasteiger charge is -2.36. The Morgan fingerprint density at radius 3 is 2.44 bits per heavy atom. The van der Waals surface area contributed by atoms with E-state index in [0.717, 1.165) is 12.8 Å². The Kier molecular flexibility index (Phi) is 7.94. The molecule has 36 heavy (non-hydrogen) atoms. The molecule has 8 nitrogen and oxygen atoms in total. The number of carbonyl (C=O) groups excluding carboxylic acids is 3. The molecule has 0 unspecified atom stereocenters. The summed E-state index contributed by atoms with van der Waals surface area (Å²) in [5.41, 5.74) is 1.54. The molecule has 1 aliphatic carbocycles. The first-order chi connectivity index (χ1) is 17.3. The van der Waals surface area contributed by atoms with Crippen LogP contribution in [0.25, 0.3) is 0 Å². The molecule has 1 heterocycles. The Labute approximate surface area is 212 Å². The summed E-state index contributed by atoms with van der Waals surface area (Å²) >= 11 is 0. The van der Waals surface area contributed by atoms with Crippen LogP contribution in [0.5, 0.6) is 5.75 Å². The molecule has 3 atom stereocenters. The van der Waals surface area contributed by atoms with Crippen LogP contribution in [0.3, 0.4) is 0 Å². The van der Waals surface area contributed by atoms with Crippen LogP contribution in [0, 0.1) is 11.8 Å². The van der Waals surface area contributed by atoms with Gasteiger partial charge in [0.25, 0.3) is 11.8 Å². The van der Waals surface area contributed by atoms with Crippen LogP contribution < -0.4 is 10.1 Å². The van der Waals surface area contributed by atoms with Crippen molar-refractivity contribution in [2.45, 2.75) is 38.8 Å². The van der Waals surface area contributed by atoms with E-state index in [1.165, 1.54) is 0 Å². The minimum absolute atomic E-state index is 0.0261. The van der Waals surface area contributed by atoms with Crippen LogP contribution in [-0.4, -0.2) is 73.5 Å². The molecule has 0 saturated heterocycles. The number of benzene rings is 2. The fraction of sp³-hybridized carbons (Fsp3) is 0.464. The maximum absolute atomic E-state index is 13.5. The lowest BCUT2D eigenvalue weighted by atomic mass is 10.0. The van der Waals surface area contributed by atoms with E-state index in [9.17, 15) is 14.4 Å². The zero-order valence-electron chi connectivity index (χ0n) is 21.4. The number of ether oxygens (including phenoxy) is 2. The molecule has 1 N–H and O–H groups in total. The highest BCUT2D eigenvalue weighted by Gasteiger charge is 2.32. The smallest absolute Gasteiger partial charge is 0.257 e. The second-order valence-electron chi connectivity index (χ2n) is 9.90. The first kappa shape index (κ1) is 25.7. The molecule has 0 spiro atoms. The molecule has 1 aliphatic heterocycles. The molecule has 8 heteroatoms. The third-order valence-electron chi connectivity index (χ3n) is 6.94. The summed E-state index contributed by atoms with van der Waals surface area (Å²) in [6.07, 6.45) is 1.52. The van der Waals surface area contributed by atoms with E-state index in [1.54, 1.807) is 37.3 Å². The van der Waals surface area contributed by atoms with Crippen molar-refractivity contribution < 1.29 is 23.9 Å². The van der Waals surface area contributed by atoms with Crippen molar-refractivity contribution >= 4 is 23.4 Å². The molecule has 2 aromatic carbocycles.